The fraction of sp³-hybridized carbons (Fsp3) is 0.526. The lowest BCUT2D eigenvalue weighted by Crippen LogP contribution is -2.47. The monoisotopic (exact) mass is 316 g/mol. The Morgan fingerprint density at radius 2 is 2.09 bits per heavy atom. The fourth-order valence-electron chi connectivity index (χ4n) is 3.55. The maximum atomic E-state index is 13.0. The van der Waals surface area contributed by atoms with Gasteiger partial charge in [0.05, 0.1) is 0 Å². The number of benzene rings is 1. The molecule has 1 N–H and O–H groups in total. The highest BCUT2D eigenvalue weighted by atomic mass is 19.1. The second-order valence-electron chi connectivity index (χ2n) is 6.70. The van der Waals surface area contributed by atoms with E-state index in [1.54, 1.807) is 0 Å². The summed E-state index contributed by atoms with van der Waals surface area (Å²) in [5.74, 6) is -0.0365. The third kappa shape index (κ3) is 4.90. The Balaban J connectivity index is 1.47. The average molecular weight is 316 g/mol. The number of allylic oxidation sites excluding steroid dienone is 1. The van der Waals surface area contributed by atoms with Crippen molar-refractivity contribution < 1.29 is 9.18 Å². The summed E-state index contributed by atoms with van der Waals surface area (Å²) in [5, 5.41) is 3.19. The molecule has 3 rings (SSSR count). The Kier molecular flexibility index (Phi) is 5.44. The molecule has 1 heterocycles. The molecule has 3 nitrogen and oxygen atoms in total. The Morgan fingerprint density at radius 1 is 1.26 bits per heavy atom. The minimum Gasteiger partial charge on any atom is -0.352 e. The van der Waals surface area contributed by atoms with Crippen LogP contribution in [0.4, 0.5) is 4.39 Å². The number of hydrogen-bond donors (Lipinski definition) is 1. The van der Waals surface area contributed by atoms with E-state index in [1.807, 2.05) is 12.1 Å². The van der Waals surface area contributed by atoms with Crippen molar-refractivity contribution in [1.82, 2.24) is 10.2 Å². The molecule has 2 aliphatic rings. The van der Waals surface area contributed by atoms with Crippen LogP contribution in [0, 0.1) is 5.82 Å². The average Bonchev–Trinajstić information content (AvgIpc) is 3.03. The van der Waals surface area contributed by atoms with Crippen molar-refractivity contribution in [2.45, 2.75) is 51.1 Å². The van der Waals surface area contributed by atoms with Gasteiger partial charge >= 0.3 is 0 Å². The molecule has 0 spiro atoms. The number of carbonyl (C=O) groups excluding carboxylic acids is 1. The predicted octanol–water partition coefficient (Wildman–Crippen LogP) is 3.41. The van der Waals surface area contributed by atoms with Crippen LogP contribution in [-0.4, -0.2) is 29.9 Å². The van der Waals surface area contributed by atoms with Gasteiger partial charge in [-0.25, -0.2) is 4.39 Å². The van der Waals surface area contributed by atoms with Crippen LogP contribution in [0.1, 0.15) is 44.1 Å². The van der Waals surface area contributed by atoms with Crippen LogP contribution in [0.25, 0.3) is 0 Å². The zero-order valence-corrected chi connectivity index (χ0v) is 13.6. The largest absolute Gasteiger partial charge is 0.352 e. The number of halogens is 1. The number of nitrogens with zero attached hydrogens (tertiary/aromatic N) is 1. The van der Waals surface area contributed by atoms with E-state index in [9.17, 15) is 9.18 Å². The molecule has 1 fully saturated rings. The van der Waals surface area contributed by atoms with Gasteiger partial charge in [-0.3, -0.25) is 9.69 Å². The molecule has 0 aromatic heterocycles. The molecule has 1 aliphatic carbocycles. The van der Waals surface area contributed by atoms with E-state index >= 15 is 0 Å². The van der Waals surface area contributed by atoms with Crippen molar-refractivity contribution in [3.05, 3.63) is 47.3 Å². The number of likely N-dealkylation sites (tertiary alicyclic amines) is 1. The van der Waals surface area contributed by atoms with Gasteiger partial charge in [0.1, 0.15) is 5.82 Å². The summed E-state index contributed by atoms with van der Waals surface area (Å²) in [5.41, 5.74) is 2.41. The smallest absolute Gasteiger partial charge is 0.224 e. The third-order valence-electron chi connectivity index (χ3n) is 4.71. The lowest BCUT2D eigenvalue weighted by Gasteiger charge is -2.33. The summed E-state index contributed by atoms with van der Waals surface area (Å²) in [6.45, 7) is 2.73. The number of rotatable bonds is 5. The van der Waals surface area contributed by atoms with Crippen molar-refractivity contribution in [3.8, 4) is 0 Å². The van der Waals surface area contributed by atoms with E-state index in [1.165, 1.54) is 24.1 Å². The first-order chi connectivity index (χ1) is 11.2. The molecular weight excluding hydrogens is 291 g/mol. The molecule has 1 atom stereocenters. The van der Waals surface area contributed by atoms with E-state index in [-0.39, 0.29) is 17.8 Å². The highest BCUT2D eigenvalue weighted by molar-refractivity contribution is 5.78. The van der Waals surface area contributed by atoms with Crippen molar-refractivity contribution in [3.63, 3.8) is 0 Å². The van der Waals surface area contributed by atoms with E-state index in [0.29, 0.717) is 6.42 Å². The molecule has 1 aliphatic heterocycles. The molecule has 0 bridgehead atoms. The molecule has 0 saturated carbocycles. The molecule has 4 heteroatoms. The first kappa shape index (κ1) is 16.2. The SMILES string of the molecule is O=C(CC1=CCCC1)N[C@@H]1CCCN(Cc2ccc(F)cc2)C1. The number of piperidine rings is 1. The van der Waals surface area contributed by atoms with Crippen molar-refractivity contribution in [1.29, 1.82) is 0 Å². The summed E-state index contributed by atoms with van der Waals surface area (Å²) < 4.78 is 13.0. The number of carbonyl (C=O) groups is 1. The summed E-state index contributed by atoms with van der Waals surface area (Å²) in [4.78, 5) is 14.5. The minimum atomic E-state index is -0.196. The molecular formula is C19H25FN2O. The Morgan fingerprint density at radius 3 is 2.83 bits per heavy atom. The van der Waals surface area contributed by atoms with Gasteiger partial charge in [-0.05, 0) is 56.3 Å². The zero-order valence-electron chi connectivity index (χ0n) is 13.6. The van der Waals surface area contributed by atoms with Crippen LogP contribution in [0.3, 0.4) is 0 Å². The summed E-state index contributed by atoms with van der Waals surface area (Å²) in [6, 6.07) is 6.93. The van der Waals surface area contributed by atoms with Gasteiger partial charge in [-0.15, -0.1) is 0 Å². The van der Waals surface area contributed by atoms with Crippen LogP contribution in [0.15, 0.2) is 35.9 Å². The molecule has 1 aromatic carbocycles. The number of amides is 1. The van der Waals surface area contributed by atoms with Crippen molar-refractivity contribution in [2.24, 2.45) is 0 Å². The molecule has 124 valence electrons. The summed E-state index contributed by atoms with van der Waals surface area (Å²) >= 11 is 0. The normalized spacial score (nSPS) is 22.0. The minimum absolute atomic E-state index is 0.159. The molecule has 1 saturated heterocycles. The first-order valence-electron chi connectivity index (χ1n) is 8.63. The van der Waals surface area contributed by atoms with Gasteiger partial charge in [-0.1, -0.05) is 23.8 Å². The van der Waals surface area contributed by atoms with Crippen LogP contribution in [0.5, 0.6) is 0 Å². The number of nitrogens with one attached hydrogen (secondary N) is 1. The molecule has 1 aromatic rings. The third-order valence-corrected chi connectivity index (χ3v) is 4.71. The van der Waals surface area contributed by atoms with Gasteiger partial charge in [0.25, 0.3) is 0 Å². The number of hydrogen-bond acceptors (Lipinski definition) is 2. The van der Waals surface area contributed by atoms with Crippen LogP contribution >= 0.6 is 0 Å². The van der Waals surface area contributed by atoms with Gasteiger partial charge < -0.3 is 5.32 Å². The Bertz CT molecular complexity index is 567. The summed E-state index contributed by atoms with van der Waals surface area (Å²) in [7, 11) is 0. The maximum absolute atomic E-state index is 13.0. The van der Waals surface area contributed by atoms with Crippen LogP contribution in [0.2, 0.25) is 0 Å². The molecule has 23 heavy (non-hydrogen) atoms. The van der Waals surface area contributed by atoms with E-state index in [2.05, 4.69) is 16.3 Å². The highest BCUT2D eigenvalue weighted by Gasteiger charge is 2.22. The van der Waals surface area contributed by atoms with E-state index < -0.39 is 0 Å². The van der Waals surface area contributed by atoms with Crippen molar-refractivity contribution in [2.75, 3.05) is 13.1 Å². The second kappa shape index (κ2) is 7.73. The van der Waals surface area contributed by atoms with Gasteiger partial charge in [-0.2, -0.15) is 0 Å². The predicted molar refractivity (Wildman–Crippen MR) is 89.4 cm³/mol. The van der Waals surface area contributed by atoms with Crippen LogP contribution in [-0.2, 0) is 11.3 Å². The van der Waals surface area contributed by atoms with E-state index in [0.717, 1.165) is 50.9 Å². The molecule has 0 unspecified atom stereocenters. The first-order valence-corrected chi connectivity index (χ1v) is 8.63. The second-order valence-corrected chi connectivity index (χ2v) is 6.70. The highest BCUT2D eigenvalue weighted by Crippen LogP contribution is 2.21. The molecule has 0 radical (unpaired) electrons. The van der Waals surface area contributed by atoms with E-state index in [4.69, 9.17) is 0 Å². The zero-order chi connectivity index (χ0) is 16.1. The maximum Gasteiger partial charge on any atom is 0.224 e. The van der Waals surface area contributed by atoms with Gasteiger partial charge in [0.15, 0.2) is 0 Å². The lowest BCUT2D eigenvalue weighted by atomic mass is 10.0. The standard InChI is InChI=1S/C19H25FN2O/c20-17-9-7-16(8-10-17)13-22-11-3-6-18(14-22)21-19(23)12-15-4-1-2-5-15/h4,7-10,18H,1-3,5-6,11-14H2,(H,21,23)/t18-/m1/s1. The lowest BCUT2D eigenvalue weighted by molar-refractivity contribution is -0.121. The van der Waals surface area contributed by atoms with Gasteiger partial charge in [0, 0.05) is 25.6 Å². The Hall–Kier alpha value is -1.68. The van der Waals surface area contributed by atoms with Crippen LogP contribution < -0.4 is 5.32 Å². The quantitative estimate of drug-likeness (QED) is 0.844. The summed E-state index contributed by atoms with van der Waals surface area (Å²) in [6.07, 6.45) is 8.30. The topological polar surface area (TPSA) is 32.3 Å². The Labute approximate surface area is 137 Å². The molecule has 1 amide bonds. The fourth-order valence-corrected chi connectivity index (χ4v) is 3.55. The van der Waals surface area contributed by atoms with Gasteiger partial charge in [0.2, 0.25) is 5.91 Å². The van der Waals surface area contributed by atoms with Crippen molar-refractivity contribution >= 4 is 5.91 Å².